The zero-order chi connectivity index (χ0) is 22.0. The van der Waals surface area contributed by atoms with Gasteiger partial charge in [0.25, 0.3) is 5.91 Å². The summed E-state index contributed by atoms with van der Waals surface area (Å²) in [6, 6.07) is 10.0. The molecular weight excluding hydrogens is 420 g/mol. The number of hydrogen-bond donors (Lipinski definition) is 3. The van der Waals surface area contributed by atoms with Gasteiger partial charge >= 0.3 is 6.03 Å². The van der Waals surface area contributed by atoms with Crippen molar-refractivity contribution in [3.63, 3.8) is 0 Å². The van der Waals surface area contributed by atoms with Gasteiger partial charge < -0.3 is 25.4 Å². The number of anilines is 1. The van der Waals surface area contributed by atoms with Crippen molar-refractivity contribution in [2.75, 3.05) is 19.5 Å². The number of urea groups is 1. The Bertz CT molecular complexity index is 1160. The first kappa shape index (κ1) is 20.7. The van der Waals surface area contributed by atoms with Crippen LogP contribution in [0, 0.1) is 0 Å². The maximum atomic E-state index is 12.2. The lowest BCUT2D eigenvalue weighted by atomic mass is 10.1. The molecule has 8 nitrogen and oxygen atoms in total. The third-order valence-corrected chi connectivity index (χ3v) is 5.14. The highest BCUT2D eigenvalue weighted by molar-refractivity contribution is 6.33. The molecule has 0 saturated heterocycles. The number of amides is 3. The molecule has 0 spiro atoms. The van der Waals surface area contributed by atoms with E-state index in [1.54, 1.807) is 49.6 Å². The van der Waals surface area contributed by atoms with Gasteiger partial charge in [-0.2, -0.15) is 0 Å². The number of rotatable bonds is 6. The Hall–Kier alpha value is -3.52. The Labute approximate surface area is 183 Å². The summed E-state index contributed by atoms with van der Waals surface area (Å²) in [6.45, 7) is 0. The molecule has 0 bridgehead atoms. The van der Waals surface area contributed by atoms with E-state index in [9.17, 15) is 9.59 Å². The third kappa shape index (κ3) is 4.64. The van der Waals surface area contributed by atoms with E-state index in [-0.39, 0.29) is 18.0 Å². The van der Waals surface area contributed by atoms with Crippen molar-refractivity contribution in [1.29, 1.82) is 0 Å². The van der Waals surface area contributed by atoms with Crippen molar-refractivity contribution in [1.82, 2.24) is 15.6 Å². The van der Waals surface area contributed by atoms with Crippen LogP contribution in [-0.2, 0) is 0 Å². The van der Waals surface area contributed by atoms with Crippen molar-refractivity contribution in [3.8, 4) is 17.2 Å². The first-order chi connectivity index (χ1) is 15.0. The Morgan fingerprint density at radius 3 is 2.61 bits per heavy atom. The van der Waals surface area contributed by atoms with E-state index < -0.39 is 0 Å². The van der Waals surface area contributed by atoms with E-state index in [0.29, 0.717) is 44.4 Å². The largest absolute Gasteiger partial charge is 0.496 e. The molecule has 0 atom stereocenters. The lowest BCUT2D eigenvalue weighted by molar-refractivity contribution is 0.0960. The molecule has 1 aromatic heterocycles. The summed E-state index contributed by atoms with van der Waals surface area (Å²) in [5, 5.41) is 9.16. The fourth-order valence-corrected chi connectivity index (χ4v) is 3.30. The molecule has 1 saturated carbocycles. The van der Waals surface area contributed by atoms with Gasteiger partial charge in [0.15, 0.2) is 0 Å². The summed E-state index contributed by atoms with van der Waals surface area (Å²) in [5.74, 6) is 1.11. The quantitative estimate of drug-likeness (QED) is 0.529. The summed E-state index contributed by atoms with van der Waals surface area (Å²) < 4.78 is 11.3. The van der Waals surface area contributed by atoms with Crippen LogP contribution in [0.5, 0.6) is 17.2 Å². The molecule has 1 aliphatic carbocycles. The number of halogens is 1. The molecule has 9 heteroatoms. The molecular formula is C22H21ClN4O4. The fourth-order valence-electron chi connectivity index (χ4n) is 3.08. The van der Waals surface area contributed by atoms with Crippen LogP contribution in [-0.4, -0.2) is 37.1 Å². The van der Waals surface area contributed by atoms with Gasteiger partial charge in [0.2, 0.25) is 0 Å². The number of aromatic nitrogens is 1. The predicted octanol–water partition coefficient (Wildman–Crippen LogP) is 4.33. The number of hydrogen-bond acceptors (Lipinski definition) is 5. The lowest BCUT2D eigenvalue weighted by Gasteiger charge is -2.13. The van der Waals surface area contributed by atoms with Crippen LogP contribution in [0.1, 0.15) is 23.2 Å². The van der Waals surface area contributed by atoms with Crippen molar-refractivity contribution in [2.24, 2.45) is 0 Å². The fraction of sp³-hybridized carbons (Fsp3) is 0.227. The van der Waals surface area contributed by atoms with E-state index in [0.717, 1.165) is 12.8 Å². The van der Waals surface area contributed by atoms with Gasteiger partial charge in [-0.1, -0.05) is 11.6 Å². The van der Waals surface area contributed by atoms with Crippen LogP contribution >= 0.6 is 11.6 Å². The number of methoxy groups -OCH3 is 1. The molecule has 2 aromatic carbocycles. The number of pyridine rings is 1. The summed E-state index contributed by atoms with van der Waals surface area (Å²) >= 11 is 6.33. The highest BCUT2D eigenvalue weighted by Gasteiger charge is 2.23. The molecule has 3 aromatic rings. The number of nitrogens with zero attached hydrogens (tertiary/aromatic N) is 1. The average molecular weight is 441 g/mol. The van der Waals surface area contributed by atoms with Crippen LogP contribution in [0.4, 0.5) is 10.5 Å². The van der Waals surface area contributed by atoms with Gasteiger partial charge in [-0.3, -0.25) is 9.78 Å². The van der Waals surface area contributed by atoms with Crippen LogP contribution in [0.3, 0.4) is 0 Å². The van der Waals surface area contributed by atoms with Gasteiger partial charge in [-0.15, -0.1) is 0 Å². The van der Waals surface area contributed by atoms with E-state index in [1.807, 2.05) is 0 Å². The van der Waals surface area contributed by atoms with Crippen LogP contribution in [0.15, 0.2) is 42.6 Å². The molecule has 160 valence electrons. The first-order valence-corrected chi connectivity index (χ1v) is 10.1. The second kappa shape index (κ2) is 8.69. The van der Waals surface area contributed by atoms with E-state index in [1.165, 1.54) is 7.11 Å². The van der Waals surface area contributed by atoms with E-state index >= 15 is 0 Å². The molecule has 3 N–H and O–H groups in total. The number of benzene rings is 2. The molecule has 31 heavy (non-hydrogen) atoms. The van der Waals surface area contributed by atoms with Gasteiger partial charge in [-0.25, -0.2) is 4.79 Å². The minimum Gasteiger partial charge on any atom is -0.496 e. The lowest BCUT2D eigenvalue weighted by Crippen LogP contribution is -2.30. The maximum Gasteiger partial charge on any atom is 0.319 e. The third-order valence-electron chi connectivity index (χ3n) is 4.82. The monoisotopic (exact) mass is 440 g/mol. The Morgan fingerprint density at radius 2 is 1.94 bits per heavy atom. The van der Waals surface area contributed by atoms with Crippen molar-refractivity contribution < 1.29 is 19.1 Å². The molecule has 3 amide bonds. The molecule has 1 aliphatic rings. The van der Waals surface area contributed by atoms with E-state index in [4.69, 9.17) is 21.1 Å². The zero-order valence-electron chi connectivity index (χ0n) is 17.0. The highest BCUT2D eigenvalue weighted by atomic mass is 35.5. The standard InChI is InChI=1S/C22H21ClN4O4/c1-24-21(28)15-10-14-18(11-20(15)30-2)25-8-7-19(14)31-13-5-6-17(16(23)9-13)27-22(29)26-12-3-4-12/h5-12H,3-4H2,1-2H3,(H,24,28)(H2,26,27,29). The van der Waals surface area contributed by atoms with Crippen molar-refractivity contribution in [2.45, 2.75) is 18.9 Å². The minimum atomic E-state index is -0.283. The van der Waals surface area contributed by atoms with Gasteiger partial charge in [0.1, 0.15) is 17.2 Å². The number of nitrogens with one attached hydrogen (secondary N) is 3. The average Bonchev–Trinajstić information content (AvgIpc) is 3.58. The number of fused-ring (bicyclic) bond motifs is 1. The molecule has 0 radical (unpaired) electrons. The summed E-state index contributed by atoms with van der Waals surface area (Å²) in [5.41, 5.74) is 1.47. The van der Waals surface area contributed by atoms with Gasteiger partial charge in [0, 0.05) is 36.8 Å². The van der Waals surface area contributed by atoms with Gasteiger partial charge in [-0.05, 0) is 37.1 Å². The highest BCUT2D eigenvalue weighted by Crippen LogP contribution is 2.35. The van der Waals surface area contributed by atoms with E-state index in [2.05, 4.69) is 20.9 Å². The molecule has 1 fully saturated rings. The number of carbonyl (C=O) groups excluding carboxylic acids is 2. The normalized spacial score (nSPS) is 12.9. The second-order valence-electron chi connectivity index (χ2n) is 7.07. The molecule has 4 rings (SSSR count). The first-order valence-electron chi connectivity index (χ1n) is 9.72. The second-order valence-corrected chi connectivity index (χ2v) is 7.48. The van der Waals surface area contributed by atoms with Crippen LogP contribution in [0.25, 0.3) is 10.9 Å². The van der Waals surface area contributed by atoms with Crippen LogP contribution < -0.4 is 25.4 Å². The molecule has 0 aliphatic heterocycles. The van der Waals surface area contributed by atoms with Gasteiger partial charge in [0.05, 0.1) is 28.9 Å². The zero-order valence-corrected chi connectivity index (χ0v) is 17.7. The Morgan fingerprint density at radius 1 is 1.13 bits per heavy atom. The van der Waals surface area contributed by atoms with Crippen molar-refractivity contribution >= 4 is 40.1 Å². The molecule has 1 heterocycles. The number of carbonyl (C=O) groups is 2. The summed E-state index contributed by atoms with van der Waals surface area (Å²) in [7, 11) is 3.05. The predicted molar refractivity (Wildman–Crippen MR) is 118 cm³/mol. The molecule has 0 unspecified atom stereocenters. The maximum absolute atomic E-state index is 12.2. The SMILES string of the molecule is CNC(=O)c1cc2c(Oc3ccc(NC(=O)NC4CC4)c(Cl)c3)ccnc2cc1OC. The van der Waals surface area contributed by atoms with Crippen molar-refractivity contribution in [3.05, 3.63) is 53.2 Å². The minimum absolute atomic E-state index is 0.250. The summed E-state index contributed by atoms with van der Waals surface area (Å²) in [4.78, 5) is 28.5. The Kier molecular flexibility index (Phi) is 5.81. The smallest absolute Gasteiger partial charge is 0.319 e. The topological polar surface area (TPSA) is 102 Å². The summed E-state index contributed by atoms with van der Waals surface area (Å²) in [6.07, 6.45) is 3.61. The Balaban J connectivity index is 1.61. The number of ether oxygens (including phenoxy) is 2. The van der Waals surface area contributed by atoms with Crippen LogP contribution in [0.2, 0.25) is 5.02 Å².